The van der Waals surface area contributed by atoms with Crippen LogP contribution in [0.3, 0.4) is 0 Å². The number of halogens is 2. The number of hydrogen-bond donors (Lipinski definition) is 2. The van der Waals surface area contributed by atoms with E-state index in [4.69, 9.17) is 9.47 Å². The fourth-order valence-electron chi connectivity index (χ4n) is 4.85. The van der Waals surface area contributed by atoms with Crippen molar-refractivity contribution in [2.45, 2.75) is 25.6 Å². The van der Waals surface area contributed by atoms with Gasteiger partial charge in [-0.05, 0) is 48.4 Å². The van der Waals surface area contributed by atoms with Crippen molar-refractivity contribution in [3.63, 3.8) is 0 Å². The summed E-state index contributed by atoms with van der Waals surface area (Å²) in [6.07, 6.45) is 7.16. The van der Waals surface area contributed by atoms with E-state index in [1.165, 1.54) is 33.6 Å². The van der Waals surface area contributed by atoms with Gasteiger partial charge in [0.2, 0.25) is 0 Å². The van der Waals surface area contributed by atoms with E-state index in [0.717, 1.165) is 25.1 Å². The van der Waals surface area contributed by atoms with Crippen molar-refractivity contribution in [2.75, 3.05) is 18.5 Å². The maximum Gasteiger partial charge on any atom is 0.387 e. The van der Waals surface area contributed by atoms with Crippen LogP contribution in [0, 0.1) is 0 Å². The number of alkyl halides is 2. The number of carbonyl (C=O) groups is 1. The van der Waals surface area contributed by atoms with Gasteiger partial charge in [0.1, 0.15) is 28.5 Å². The first-order valence-electron chi connectivity index (χ1n) is 13.2. The van der Waals surface area contributed by atoms with E-state index in [2.05, 4.69) is 25.4 Å². The second kappa shape index (κ2) is 11.5. The summed E-state index contributed by atoms with van der Waals surface area (Å²) < 4.78 is 40.4. The molecule has 1 amide bonds. The molecule has 1 aliphatic heterocycles. The van der Waals surface area contributed by atoms with Gasteiger partial charge in [-0.1, -0.05) is 12.1 Å². The molecule has 1 atom stereocenters. The smallest absolute Gasteiger partial charge is 0.387 e. The first-order valence-corrected chi connectivity index (χ1v) is 13.2. The predicted molar refractivity (Wildman–Crippen MR) is 149 cm³/mol. The Morgan fingerprint density at radius 1 is 1.19 bits per heavy atom. The van der Waals surface area contributed by atoms with Crippen LogP contribution in [0.2, 0.25) is 0 Å². The second-order valence-electron chi connectivity index (χ2n) is 9.84. The normalized spacial score (nSPS) is 15.1. The summed E-state index contributed by atoms with van der Waals surface area (Å²) in [6.45, 7) is -1.25. The number of likely N-dealkylation sites (tertiary alicyclic amines) is 1. The van der Waals surface area contributed by atoms with Crippen LogP contribution < -0.4 is 14.8 Å². The summed E-state index contributed by atoms with van der Waals surface area (Å²) in [5, 5.41) is 20.8. The summed E-state index contributed by atoms with van der Waals surface area (Å²) in [7, 11) is 1.65. The third-order valence-corrected chi connectivity index (χ3v) is 7.04. The maximum absolute atomic E-state index is 13.3. The van der Waals surface area contributed by atoms with Crippen LogP contribution in [0.1, 0.15) is 22.3 Å². The van der Waals surface area contributed by atoms with Gasteiger partial charge in [0.25, 0.3) is 5.91 Å². The lowest BCUT2D eigenvalue weighted by Gasteiger charge is -2.39. The molecule has 216 valence electrons. The summed E-state index contributed by atoms with van der Waals surface area (Å²) in [6, 6.07) is 13.9. The highest BCUT2D eigenvalue weighted by Crippen LogP contribution is 2.39. The van der Waals surface area contributed by atoms with Gasteiger partial charge < -0.3 is 19.9 Å². The number of fused-ring (bicyclic) bond motifs is 1. The summed E-state index contributed by atoms with van der Waals surface area (Å²) in [5.74, 6) is 0.278. The van der Waals surface area contributed by atoms with E-state index in [-0.39, 0.29) is 40.9 Å². The molecule has 1 fully saturated rings. The zero-order valence-electron chi connectivity index (χ0n) is 22.5. The lowest BCUT2D eigenvalue weighted by molar-refractivity contribution is -0.0494. The minimum absolute atomic E-state index is 0.132. The van der Waals surface area contributed by atoms with E-state index >= 15 is 0 Å². The topological polar surface area (TPSA) is 119 Å². The lowest BCUT2D eigenvalue weighted by Crippen LogP contribution is -2.48. The first-order chi connectivity index (χ1) is 20.4. The van der Waals surface area contributed by atoms with Crippen molar-refractivity contribution in [1.29, 1.82) is 0 Å². The Hall–Kier alpha value is -4.88. The van der Waals surface area contributed by atoms with Crippen LogP contribution in [0.5, 0.6) is 17.2 Å². The number of amides is 1. The molecule has 6 rings (SSSR count). The average molecular weight is 576 g/mol. The predicted octanol–water partition coefficient (Wildman–Crippen LogP) is 4.34. The van der Waals surface area contributed by atoms with Crippen LogP contribution >= 0.6 is 0 Å². The minimum Gasteiger partial charge on any atom is -0.457 e. The van der Waals surface area contributed by atoms with Crippen molar-refractivity contribution in [3.05, 3.63) is 84.4 Å². The number of aliphatic hydroxyl groups excluding tert-OH is 1. The second-order valence-corrected chi connectivity index (χ2v) is 9.84. The van der Waals surface area contributed by atoms with Gasteiger partial charge in [-0.25, -0.2) is 9.50 Å². The molecule has 0 spiro atoms. The number of anilines is 1. The van der Waals surface area contributed by atoms with E-state index in [1.54, 1.807) is 31.7 Å². The molecule has 4 heterocycles. The molecule has 2 N–H and O–H groups in total. The Morgan fingerprint density at radius 2 is 2.00 bits per heavy atom. The highest BCUT2D eigenvalue weighted by Gasteiger charge is 2.27. The van der Waals surface area contributed by atoms with Crippen molar-refractivity contribution < 1.29 is 28.2 Å². The van der Waals surface area contributed by atoms with Gasteiger partial charge in [-0.15, -0.1) is 0 Å². The van der Waals surface area contributed by atoms with E-state index in [1.807, 2.05) is 24.3 Å². The molecule has 1 aliphatic rings. The number of rotatable bonds is 10. The molecule has 5 aromatic rings. The number of nitrogens with one attached hydrogen (secondary N) is 1. The number of aryl methyl sites for hydroxylation is 1. The molecule has 0 bridgehead atoms. The molecular formula is C29H27F2N7O4. The highest BCUT2D eigenvalue weighted by molar-refractivity contribution is 6.09. The quantitative estimate of drug-likeness (QED) is 0.253. The van der Waals surface area contributed by atoms with E-state index in [9.17, 15) is 18.7 Å². The number of nitrogens with zero attached hydrogens (tertiary/aromatic N) is 6. The largest absolute Gasteiger partial charge is 0.457 e. The van der Waals surface area contributed by atoms with Gasteiger partial charge in [0.15, 0.2) is 5.65 Å². The number of hydrogen-bond acceptors (Lipinski definition) is 8. The fourth-order valence-corrected chi connectivity index (χ4v) is 4.85. The zero-order chi connectivity index (χ0) is 29.2. The molecule has 0 unspecified atom stereocenters. The molecule has 3 aromatic heterocycles. The number of ether oxygens (including phenoxy) is 2. The molecule has 0 saturated carbocycles. The highest BCUT2D eigenvalue weighted by atomic mass is 19.3. The Bertz CT molecular complexity index is 1720. The molecule has 2 aromatic carbocycles. The van der Waals surface area contributed by atoms with Crippen LogP contribution in [0.25, 0.3) is 16.9 Å². The monoisotopic (exact) mass is 575 g/mol. The van der Waals surface area contributed by atoms with Crippen molar-refractivity contribution in [3.8, 4) is 28.5 Å². The van der Waals surface area contributed by atoms with Gasteiger partial charge in [0, 0.05) is 44.8 Å². The Labute approximate surface area is 238 Å². The molecule has 0 aliphatic carbocycles. The van der Waals surface area contributed by atoms with Gasteiger partial charge in [-0.3, -0.25) is 14.4 Å². The minimum atomic E-state index is -3.08. The zero-order valence-corrected chi connectivity index (χ0v) is 22.5. The SMILES string of the molecule is Cn1cc(NC(=O)c2cnn3cccnc23)c(-c2cc(Oc3ccc(CN4CC[C@@H]4CO)cc3)ccc2OC(F)F)n1. The average Bonchev–Trinajstić information content (AvgIpc) is 3.56. The standard InChI is InChI=1S/C29H27F2N7O4/c1-36-16-24(34-28(40)23-14-33-38-11-2-10-32-27(23)38)26(35-36)22-13-21(7-8-25(22)42-29(30)31)41-20-5-3-18(4-6-20)15-37-12-9-19(37)17-39/h2-8,10-11,13-14,16,19,29,39H,9,12,15,17H2,1H3,(H,34,40)/t19-/m1/s1. The Morgan fingerprint density at radius 3 is 2.74 bits per heavy atom. The third kappa shape index (κ3) is 5.64. The Balaban J connectivity index is 1.26. The van der Waals surface area contributed by atoms with E-state index < -0.39 is 12.5 Å². The molecular weight excluding hydrogens is 548 g/mol. The van der Waals surface area contributed by atoms with Gasteiger partial charge in [0.05, 0.1) is 24.1 Å². The molecule has 13 heteroatoms. The van der Waals surface area contributed by atoms with Crippen LogP contribution in [-0.2, 0) is 13.6 Å². The van der Waals surface area contributed by atoms with E-state index in [0.29, 0.717) is 17.1 Å². The summed E-state index contributed by atoms with van der Waals surface area (Å²) in [4.78, 5) is 19.6. The number of aromatic nitrogens is 5. The molecule has 11 nitrogen and oxygen atoms in total. The lowest BCUT2D eigenvalue weighted by atomic mass is 10.0. The van der Waals surface area contributed by atoms with Gasteiger partial charge >= 0.3 is 6.61 Å². The fraction of sp³-hybridized carbons (Fsp3) is 0.241. The summed E-state index contributed by atoms with van der Waals surface area (Å²) in [5.41, 5.74) is 2.35. The third-order valence-electron chi connectivity index (χ3n) is 7.04. The van der Waals surface area contributed by atoms with Crippen molar-refractivity contribution in [2.24, 2.45) is 7.05 Å². The number of carbonyl (C=O) groups excluding carboxylic acids is 1. The van der Waals surface area contributed by atoms with Crippen molar-refractivity contribution >= 4 is 17.2 Å². The Kier molecular flexibility index (Phi) is 7.50. The van der Waals surface area contributed by atoms with Crippen LogP contribution in [0.4, 0.5) is 14.5 Å². The molecule has 1 saturated heterocycles. The molecule has 0 radical (unpaired) electrons. The first kappa shape index (κ1) is 27.3. The van der Waals surface area contributed by atoms with Crippen molar-refractivity contribution in [1.82, 2.24) is 29.3 Å². The maximum atomic E-state index is 13.3. The van der Waals surface area contributed by atoms with Crippen LogP contribution in [-0.4, -0.2) is 66.1 Å². The molecule has 42 heavy (non-hydrogen) atoms. The van der Waals surface area contributed by atoms with Crippen LogP contribution in [0.15, 0.2) is 73.3 Å². The number of benzene rings is 2. The summed E-state index contributed by atoms with van der Waals surface area (Å²) >= 11 is 0. The number of aliphatic hydroxyl groups is 1. The van der Waals surface area contributed by atoms with Gasteiger partial charge in [-0.2, -0.15) is 19.0 Å².